The van der Waals surface area contributed by atoms with Crippen LogP contribution in [0.15, 0.2) is 24.3 Å². The third-order valence-electron chi connectivity index (χ3n) is 3.03. The van der Waals surface area contributed by atoms with Gasteiger partial charge in [0.2, 0.25) is 0 Å². The molecule has 1 aromatic carbocycles. The number of morpholine rings is 1. The SMILES string of the molecule is CC1CN(C(=O)c2ccc(N)cc2)C(C)CO1.Cl. The van der Waals surface area contributed by atoms with Crippen LogP contribution >= 0.6 is 12.4 Å². The summed E-state index contributed by atoms with van der Waals surface area (Å²) < 4.78 is 5.51. The molecule has 1 saturated heterocycles. The monoisotopic (exact) mass is 270 g/mol. The lowest BCUT2D eigenvalue weighted by Gasteiger charge is -2.36. The highest BCUT2D eigenvalue weighted by atomic mass is 35.5. The molecule has 1 heterocycles. The van der Waals surface area contributed by atoms with Crippen LogP contribution in [0, 0.1) is 0 Å². The topological polar surface area (TPSA) is 55.6 Å². The maximum Gasteiger partial charge on any atom is 0.254 e. The van der Waals surface area contributed by atoms with Gasteiger partial charge in [0.25, 0.3) is 5.91 Å². The molecule has 4 nitrogen and oxygen atoms in total. The quantitative estimate of drug-likeness (QED) is 0.794. The van der Waals surface area contributed by atoms with E-state index in [1.165, 1.54) is 0 Å². The second kappa shape index (κ2) is 6.07. The van der Waals surface area contributed by atoms with E-state index in [1.54, 1.807) is 24.3 Å². The van der Waals surface area contributed by atoms with Crippen LogP contribution in [0.3, 0.4) is 0 Å². The number of carbonyl (C=O) groups is 1. The molecule has 1 fully saturated rings. The van der Waals surface area contributed by atoms with Crippen LogP contribution in [0.1, 0.15) is 24.2 Å². The molecule has 0 saturated carbocycles. The fourth-order valence-corrected chi connectivity index (χ4v) is 1.98. The lowest BCUT2D eigenvalue weighted by Crippen LogP contribution is -2.50. The van der Waals surface area contributed by atoms with Gasteiger partial charge in [-0.2, -0.15) is 0 Å². The molecule has 5 heteroatoms. The van der Waals surface area contributed by atoms with Crippen molar-refractivity contribution in [1.82, 2.24) is 4.90 Å². The Morgan fingerprint density at radius 1 is 1.33 bits per heavy atom. The number of hydrogen-bond donors (Lipinski definition) is 1. The lowest BCUT2D eigenvalue weighted by atomic mass is 10.1. The highest BCUT2D eigenvalue weighted by molar-refractivity contribution is 5.94. The number of nitrogens with zero attached hydrogens (tertiary/aromatic N) is 1. The smallest absolute Gasteiger partial charge is 0.254 e. The van der Waals surface area contributed by atoms with Crippen LogP contribution < -0.4 is 5.73 Å². The largest absolute Gasteiger partial charge is 0.399 e. The van der Waals surface area contributed by atoms with Crippen LogP contribution in [-0.4, -0.2) is 36.1 Å². The van der Waals surface area contributed by atoms with Gasteiger partial charge in [0.1, 0.15) is 0 Å². The van der Waals surface area contributed by atoms with E-state index in [0.717, 1.165) is 0 Å². The Morgan fingerprint density at radius 2 is 1.94 bits per heavy atom. The Bertz CT molecular complexity index is 408. The molecule has 0 radical (unpaired) electrons. The Hall–Kier alpha value is -1.26. The molecule has 0 aromatic heterocycles. The van der Waals surface area contributed by atoms with Crippen molar-refractivity contribution in [3.05, 3.63) is 29.8 Å². The molecule has 2 rings (SSSR count). The van der Waals surface area contributed by atoms with Crippen LogP contribution in [0.25, 0.3) is 0 Å². The third kappa shape index (κ3) is 3.15. The minimum Gasteiger partial charge on any atom is -0.399 e. The van der Waals surface area contributed by atoms with Gasteiger partial charge < -0.3 is 15.4 Å². The number of benzene rings is 1. The minimum atomic E-state index is 0. The maximum absolute atomic E-state index is 12.3. The van der Waals surface area contributed by atoms with Gasteiger partial charge in [-0.1, -0.05) is 0 Å². The summed E-state index contributed by atoms with van der Waals surface area (Å²) >= 11 is 0. The molecule has 1 amide bonds. The first kappa shape index (κ1) is 14.8. The normalized spacial score (nSPS) is 23.3. The second-order valence-corrected chi connectivity index (χ2v) is 4.57. The maximum atomic E-state index is 12.3. The Kier molecular flexibility index (Phi) is 4.99. The average Bonchev–Trinajstić information content (AvgIpc) is 2.32. The van der Waals surface area contributed by atoms with E-state index in [0.29, 0.717) is 24.4 Å². The van der Waals surface area contributed by atoms with Crippen molar-refractivity contribution in [2.24, 2.45) is 0 Å². The van der Waals surface area contributed by atoms with Crippen LogP contribution in [-0.2, 0) is 4.74 Å². The lowest BCUT2D eigenvalue weighted by molar-refractivity contribution is -0.0387. The van der Waals surface area contributed by atoms with Crippen LogP contribution in [0.4, 0.5) is 5.69 Å². The molecule has 100 valence electrons. The highest BCUT2D eigenvalue weighted by Crippen LogP contribution is 2.16. The molecule has 18 heavy (non-hydrogen) atoms. The van der Waals surface area contributed by atoms with Crippen molar-refractivity contribution >= 4 is 24.0 Å². The molecular formula is C13H19ClN2O2. The number of nitrogen functional groups attached to an aromatic ring is 1. The molecule has 0 spiro atoms. The predicted molar refractivity (Wildman–Crippen MR) is 74.0 cm³/mol. The number of ether oxygens (including phenoxy) is 1. The fourth-order valence-electron chi connectivity index (χ4n) is 1.98. The zero-order chi connectivity index (χ0) is 12.4. The first-order valence-corrected chi connectivity index (χ1v) is 5.86. The number of amides is 1. The van der Waals surface area contributed by atoms with E-state index in [-0.39, 0.29) is 30.5 Å². The van der Waals surface area contributed by atoms with E-state index in [1.807, 2.05) is 18.7 Å². The first-order valence-electron chi connectivity index (χ1n) is 5.86. The number of nitrogens with two attached hydrogens (primary N) is 1. The Morgan fingerprint density at radius 3 is 2.56 bits per heavy atom. The van der Waals surface area contributed by atoms with E-state index < -0.39 is 0 Å². The van der Waals surface area contributed by atoms with Crippen molar-refractivity contribution in [2.45, 2.75) is 26.0 Å². The van der Waals surface area contributed by atoms with E-state index in [2.05, 4.69) is 0 Å². The number of rotatable bonds is 1. The average molecular weight is 271 g/mol. The molecule has 2 unspecified atom stereocenters. The summed E-state index contributed by atoms with van der Waals surface area (Å²) in [6.45, 7) is 5.22. The van der Waals surface area contributed by atoms with Gasteiger partial charge in [-0.3, -0.25) is 4.79 Å². The van der Waals surface area contributed by atoms with Gasteiger partial charge in [0.05, 0.1) is 18.8 Å². The highest BCUT2D eigenvalue weighted by Gasteiger charge is 2.27. The Balaban J connectivity index is 0.00000162. The molecule has 1 aromatic rings. The van der Waals surface area contributed by atoms with Gasteiger partial charge in [-0.05, 0) is 38.1 Å². The van der Waals surface area contributed by atoms with Crippen molar-refractivity contribution in [2.75, 3.05) is 18.9 Å². The molecule has 0 aliphatic carbocycles. The predicted octanol–water partition coefficient (Wildman–Crippen LogP) is 1.94. The van der Waals surface area contributed by atoms with E-state index >= 15 is 0 Å². The summed E-state index contributed by atoms with van der Waals surface area (Å²) in [6, 6.07) is 7.16. The summed E-state index contributed by atoms with van der Waals surface area (Å²) in [5, 5.41) is 0. The van der Waals surface area contributed by atoms with Gasteiger partial charge >= 0.3 is 0 Å². The Labute approximate surface area is 114 Å². The second-order valence-electron chi connectivity index (χ2n) is 4.57. The van der Waals surface area contributed by atoms with Gasteiger partial charge in [0, 0.05) is 17.8 Å². The molecule has 1 aliphatic rings. The van der Waals surface area contributed by atoms with Gasteiger partial charge in [0.15, 0.2) is 0 Å². The van der Waals surface area contributed by atoms with Gasteiger partial charge in [-0.15, -0.1) is 12.4 Å². The summed E-state index contributed by atoms with van der Waals surface area (Å²) in [4.78, 5) is 14.2. The molecule has 1 aliphatic heterocycles. The van der Waals surface area contributed by atoms with Crippen molar-refractivity contribution in [1.29, 1.82) is 0 Å². The standard InChI is InChI=1S/C13H18N2O2.ClH/c1-9-8-17-10(2)7-15(9)13(16)11-3-5-12(14)6-4-11;/h3-6,9-10H,7-8,14H2,1-2H3;1H. The zero-order valence-electron chi connectivity index (χ0n) is 10.6. The number of halogens is 1. The molecular weight excluding hydrogens is 252 g/mol. The molecule has 0 bridgehead atoms. The fraction of sp³-hybridized carbons (Fsp3) is 0.462. The third-order valence-corrected chi connectivity index (χ3v) is 3.03. The summed E-state index contributed by atoms with van der Waals surface area (Å²) in [7, 11) is 0. The molecule has 2 atom stereocenters. The van der Waals surface area contributed by atoms with Crippen molar-refractivity contribution in [3.8, 4) is 0 Å². The van der Waals surface area contributed by atoms with Crippen LogP contribution in [0.5, 0.6) is 0 Å². The minimum absolute atomic E-state index is 0. The van der Waals surface area contributed by atoms with Crippen molar-refractivity contribution < 1.29 is 9.53 Å². The first-order chi connectivity index (χ1) is 8.08. The summed E-state index contributed by atoms with van der Waals surface area (Å²) in [5.74, 6) is 0.0488. The summed E-state index contributed by atoms with van der Waals surface area (Å²) in [5.41, 5.74) is 6.96. The zero-order valence-corrected chi connectivity index (χ0v) is 11.4. The number of anilines is 1. The van der Waals surface area contributed by atoms with Crippen molar-refractivity contribution in [3.63, 3.8) is 0 Å². The van der Waals surface area contributed by atoms with Gasteiger partial charge in [-0.25, -0.2) is 0 Å². The van der Waals surface area contributed by atoms with E-state index in [4.69, 9.17) is 10.5 Å². The number of hydrogen-bond acceptors (Lipinski definition) is 3. The number of carbonyl (C=O) groups excluding carboxylic acids is 1. The summed E-state index contributed by atoms with van der Waals surface area (Å²) in [6.07, 6.45) is 0.101. The van der Waals surface area contributed by atoms with E-state index in [9.17, 15) is 4.79 Å². The van der Waals surface area contributed by atoms with Crippen LogP contribution in [0.2, 0.25) is 0 Å². The molecule has 2 N–H and O–H groups in total.